The second-order valence-electron chi connectivity index (χ2n) is 4.44. The Labute approximate surface area is 102 Å². The van der Waals surface area contributed by atoms with E-state index in [1.165, 1.54) is 5.69 Å². The molecular weight excluding hydrogens is 218 g/mol. The van der Waals surface area contributed by atoms with Gasteiger partial charge in [-0.15, -0.1) is 0 Å². The number of hydrogen-bond acceptors (Lipinski definition) is 4. The first-order valence-electron chi connectivity index (χ1n) is 6.19. The van der Waals surface area contributed by atoms with Crippen LogP contribution in [0.15, 0.2) is 6.07 Å². The topological polar surface area (TPSA) is 62.3 Å². The highest BCUT2D eigenvalue weighted by atomic mass is 16.6. The summed E-state index contributed by atoms with van der Waals surface area (Å²) in [7, 11) is 0. The summed E-state index contributed by atoms with van der Waals surface area (Å²) in [5, 5.41) is 4.42. The van der Waals surface area contributed by atoms with Crippen molar-refractivity contribution < 1.29 is 9.47 Å². The van der Waals surface area contributed by atoms with Crippen molar-refractivity contribution >= 4 is 0 Å². The van der Waals surface area contributed by atoms with E-state index < -0.39 is 0 Å². The fourth-order valence-electron chi connectivity index (χ4n) is 2.16. The first-order chi connectivity index (χ1) is 8.20. The Kier molecular flexibility index (Phi) is 4.15. The predicted octanol–water partition coefficient (Wildman–Crippen LogP) is 0.497. The van der Waals surface area contributed by atoms with Crippen LogP contribution in [0.4, 0.5) is 0 Å². The average Bonchev–Trinajstić information content (AvgIpc) is 2.70. The molecule has 1 aliphatic heterocycles. The third kappa shape index (κ3) is 3.06. The maximum Gasteiger partial charge on any atom is 0.0963 e. The number of nitrogens with zero attached hydrogens (tertiary/aromatic N) is 2. The van der Waals surface area contributed by atoms with Crippen molar-refractivity contribution in [3.05, 3.63) is 17.5 Å². The minimum atomic E-state index is -0.0308. The lowest BCUT2D eigenvalue weighted by Gasteiger charge is -2.28. The second kappa shape index (κ2) is 5.62. The summed E-state index contributed by atoms with van der Waals surface area (Å²) in [6.07, 6.45) is 0.784. The fraction of sp³-hybridized carbons (Fsp3) is 0.750. The van der Waals surface area contributed by atoms with Crippen molar-refractivity contribution in [1.82, 2.24) is 9.78 Å². The van der Waals surface area contributed by atoms with Gasteiger partial charge in [0.25, 0.3) is 0 Å². The molecule has 1 aromatic rings. The number of aromatic nitrogens is 2. The second-order valence-corrected chi connectivity index (χ2v) is 4.44. The van der Waals surface area contributed by atoms with Gasteiger partial charge in [-0.1, -0.05) is 0 Å². The Bertz CT molecular complexity index is 359. The SMILES string of the molecule is CCn1nc(C)cc1CC(N)C1COCCO1. The van der Waals surface area contributed by atoms with Crippen LogP contribution in [0.2, 0.25) is 0 Å². The largest absolute Gasteiger partial charge is 0.376 e. The van der Waals surface area contributed by atoms with Crippen molar-refractivity contribution in [3.63, 3.8) is 0 Å². The molecule has 96 valence electrons. The maximum absolute atomic E-state index is 6.17. The van der Waals surface area contributed by atoms with Crippen molar-refractivity contribution in [2.24, 2.45) is 5.73 Å². The molecule has 0 aromatic carbocycles. The molecule has 2 atom stereocenters. The van der Waals surface area contributed by atoms with Crippen LogP contribution in [0.1, 0.15) is 18.3 Å². The molecule has 1 fully saturated rings. The molecule has 0 aliphatic carbocycles. The molecule has 17 heavy (non-hydrogen) atoms. The Morgan fingerprint density at radius 1 is 1.59 bits per heavy atom. The van der Waals surface area contributed by atoms with E-state index in [1.54, 1.807) is 0 Å². The van der Waals surface area contributed by atoms with E-state index in [0.29, 0.717) is 19.8 Å². The summed E-state index contributed by atoms with van der Waals surface area (Å²) in [6.45, 7) is 6.88. The summed E-state index contributed by atoms with van der Waals surface area (Å²) in [6, 6.07) is 2.06. The lowest BCUT2D eigenvalue weighted by molar-refractivity contribution is -0.0969. The van der Waals surface area contributed by atoms with E-state index in [-0.39, 0.29) is 12.1 Å². The van der Waals surface area contributed by atoms with Gasteiger partial charge in [-0.05, 0) is 19.9 Å². The lowest BCUT2D eigenvalue weighted by atomic mass is 10.1. The van der Waals surface area contributed by atoms with E-state index >= 15 is 0 Å². The quantitative estimate of drug-likeness (QED) is 0.831. The standard InChI is InChI=1S/C12H21N3O2/c1-3-15-10(6-9(2)14-15)7-11(13)12-8-16-4-5-17-12/h6,11-12H,3-5,7-8,13H2,1-2H3. The van der Waals surface area contributed by atoms with Crippen molar-refractivity contribution in [2.75, 3.05) is 19.8 Å². The van der Waals surface area contributed by atoms with Crippen molar-refractivity contribution in [2.45, 2.75) is 39.0 Å². The van der Waals surface area contributed by atoms with Crippen LogP contribution in [0.3, 0.4) is 0 Å². The van der Waals surface area contributed by atoms with Gasteiger partial charge in [0.15, 0.2) is 0 Å². The molecule has 2 rings (SSSR count). The lowest BCUT2D eigenvalue weighted by Crippen LogP contribution is -2.45. The molecule has 1 aromatic heterocycles. The molecular formula is C12H21N3O2. The van der Waals surface area contributed by atoms with Gasteiger partial charge in [0.1, 0.15) is 0 Å². The summed E-state index contributed by atoms with van der Waals surface area (Å²) < 4.78 is 13.0. The van der Waals surface area contributed by atoms with Crippen LogP contribution in [-0.2, 0) is 22.4 Å². The molecule has 1 saturated heterocycles. The van der Waals surface area contributed by atoms with Crippen LogP contribution in [0, 0.1) is 6.92 Å². The molecule has 5 nitrogen and oxygen atoms in total. The van der Waals surface area contributed by atoms with Gasteiger partial charge in [-0.25, -0.2) is 0 Å². The number of rotatable bonds is 4. The zero-order valence-corrected chi connectivity index (χ0v) is 10.6. The number of nitrogens with two attached hydrogens (primary N) is 1. The molecule has 0 bridgehead atoms. The van der Waals surface area contributed by atoms with Gasteiger partial charge in [0, 0.05) is 24.7 Å². The van der Waals surface area contributed by atoms with Crippen molar-refractivity contribution in [3.8, 4) is 0 Å². The highest BCUT2D eigenvalue weighted by Gasteiger charge is 2.23. The first kappa shape index (κ1) is 12.5. The third-order valence-corrected chi connectivity index (χ3v) is 3.05. The summed E-state index contributed by atoms with van der Waals surface area (Å²) >= 11 is 0. The number of aryl methyl sites for hydroxylation is 2. The Morgan fingerprint density at radius 2 is 2.41 bits per heavy atom. The zero-order valence-electron chi connectivity index (χ0n) is 10.6. The summed E-state index contributed by atoms with van der Waals surface area (Å²) in [4.78, 5) is 0. The average molecular weight is 239 g/mol. The van der Waals surface area contributed by atoms with E-state index in [2.05, 4.69) is 18.1 Å². The molecule has 5 heteroatoms. The van der Waals surface area contributed by atoms with Gasteiger partial charge in [-0.2, -0.15) is 5.10 Å². The van der Waals surface area contributed by atoms with Gasteiger partial charge < -0.3 is 15.2 Å². The zero-order chi connectivity index (χ0) is 12.3. The van der Waals surface area contributed by atoms with E-state index in [9.17, 15) is 0 Å². The number of ether oxygens (including phenoxy) is 2. The van der Waals surface area contributed by atoms with Gasteiger partial charge >= 0.3 is 0 Å². The fourth-order valence-corrected chi connectivity index (χ4v) is 2.16. The Balaban J connectivity index is 1.98. The van der Waals surface area contributed by atoms with Crippen LogP contribution in [0.25, 0.3) is 0 Å². The third-order valence-electron chi connectivity index (χ3n) is 3.05. The van der Waals surface area contributed by atoms with Gasteiger partial charge in [-0.3, -0.25) is 4.68 Å². The molecule has 0 spiro atoms. The maximum atomic E-state index is 6.17. The monoisotopic (exact) mass is 239 g/mol. The minimum Gasteiger partial charge on any atom is -0.376 e. The highest BCUT2D eigenvalue weighted by Crippen LogP contribution is 2.11. The van der Waals surface area contributed by atoms with Crippen molar-refractivity contribution in [1.29, 1.82) is 0 Å². The van der Waals surface area contributed by atoms with Crippen LogP contribution in [-0.4, -0.2) is 41.7 Å². The van der Waals surface area contributed by atoms with Crippen LogP contribution >= 0.6 is 0 Å². The van der Waals surface area contributed by atoms with Gasteiger partial charge in [0.2, 0.25) is 0 Å². The number of hydrogen-bond donors (Lipinski definition) is 1. The molecule has 0 amide bonds. The normalized spacial score (nSPS) is 22.6. The van der Waals surface area contributed by atoms with E-state index in [0.717, 1.165) is 18.7 Å². The smallest absolute Gasteiger partial charge is 0.0963 e. The molecule has 0 saturated carbocycles. The minimum absolute atomic E-state index is 0.00395. The molecule has 1 aliphatic rings. The molecule has 2 N–H and O–H groups in total. The summed E-state index contributed by atoms with van der Waals surface area (Å²) in [5.74, 6) is 0. The molecule has 2 unspecified atom stereocenters. The van der Waals surface area contributed by atoms with Crippen LogP contribution in [0.5, 0.6) is 0 Å². The Morgan fingerprint density at radius 3 is 3.06 bits per heavy atom. The molecule has 2 heterocycles. The summed E-state index contributed by atoms with van der Waals surface area (Å²) in [5.41, 5.74) is 8.38. The molecule has 0 radical (unpaired) electrons. The van der Waals surface area contributed by atoms with Gasteiger partial charge in [0.05, 0.1) is 31.6 Å². The van der Waals surface area contributed by atoms with Crippen LogP contribution < -0.4 is 5.73 Å². The highest BCUT2D eigenvalue weighted by molar-refractivity contribution is 5.11. The first-order valence-corrected chi connectivity index (χ1v) is 6.19. The van der Waals surface area contributed by atoms with E-state index in [1.807, 2.05) is 11.6 Å². The Hall–Kier alpha value is -0.910. The predicted molar refractivity (Wildman–Crippen MR) is 64.9 cm³/mol. The van der Waals surface area contributed by atoms with E-state index in [4.69, 9.17) is 15.2 Å².